The average Bonchev–Trinajstić information content (AvgIpc) is 3.33. The Hall–Kier alpha value is -4.62. The minimum absolute atomic E-state index is 0.0301. The lowest BCUT2D eigenvalue weighted by molar-refractivity contribution is -0.0169. The minimum Gasteiger partial charge on any atom is -0.447 e. The first-order chi connectivity index (χ1) is 22.2. The average molecular weight is 668 g/mol. The standard InChI is InChI=1S/C34H41N3O9S/c1-34(2,3)46-31(38)35-25(19-20-45-47(5,41)42)21-37(36(4)32(39)43-22-24-13-7-6-8-14-24)33(40)44-23-30-28-17-11-9-15-26(28)27-16-10-12-18-29(27)30/h6-18,25,30H,19-23H2,1-5H3,(H,35,38)/t25-/m1/s1. The number of hydrogen-bond donors (Lipinski definition) is 1. The maximum atomic E-state index is 13.8. The smallest absolute Gasteiger partial charge is 0.429 e. The molecule has 1 aliphatic carbocycles. The Bertz CT molecular complexity index is 1610. The molecule has 0 saturated heterocycles. The molecule has 0 aromatic heterocycles. The molecule has 47 heavy (non-hydrogen) atoms. The van der Waals surface area contributed by atoms with Crippen molar-refractivity contribution in [3.8, 4) is 11.1 Å². The number of nitrogens with zero attached hydrogens (tertiary/aromatic N) is 2. The largest absolute Gasteiger partial charge is 0.447 e. The molecule has 0 saturated carbocycles. The molecule has 0 fully saturated rings. The van der Waals surface area contributed by atoms with Gasteiger partial charge in [0.05, 0.1) is 25.4 Å². The van der Waals surface area contributed by atoms with Gasteiger partial charge in [-0.05, 0) is 55.0 Å². The van der Waals surface area contributed by atoms with Crippen LogP contribution in [-0.4, -0.2) is 81.4 Å². The van der Waals surface area contributed by atoms with Gasteiger partial charge in [-0.1, -0.05) is 78.9 Å². The number of amides is 3. The first-order valence-electron chi connectivity index (χ1n) is 15.1. The predicted octanol–water partition coefficient (Wildman–Crippen LogP) is 5.68. The molecule has 3 amide bonds. The second kappa shape index (κ2) is 15.3. The fourth-order valence-corrected chi connectivity index (χ4v) is 5.53. The number of ether oxygens (including phenoxy) is 3. The Morgan fingerprint density at radius 3 is 2.00 bits per heavy atom. The van der Waals surface area contributed by atoms with Crippen molar-refractivity contribution in [3.05, 3.63) is 95.6 Å². The van der Waals surface area contributed by atoms with Crippen LogP contribution in [0.25, 0.3) is 11.1 Å². The van der Waals surface area contributed by atoms with Crippen molar-refractivity contribution >= 4 is 28.4 Å². The summed E-state index contributed by atoms with van der Waals surface area (Å²) in [5, 5.41) is 4.62. The van der Waals surface area contributed by atoms with Gasteiger partial charge in [0, 0.05) is 13.0 Å². The number of carbonyl (C=O) groups excluding carboxylic acids is 3. The molecule has 0 unspecified atom stereocenters. The maximum Gasteiger partial charge on any atom is 0.429 e. The van der Waals surface area contributed by atoms with E-state index < -0.39 is 40.0 Å². The van der Waals surface area contributed by atoms with Gasteiger partial charge in [0.1, 0.15) is 18.8 Å². The lowest BCUT2D eigenvalue weighted by atomic mass is 9.98. The number of fused-ring (bicyclic) bond motifs is 3. The zero-order valence-electron chi connectivity index (χ0n) is 27.2. The third-order valence-corrected chi connectivity index (χ3v) is 7.85. The molecule has 12 nitrogen and oxygen atoms in total. The zero-order valence-corrected chi connectivity index (χ0v) is 28.0. The van der Waals surface area contributed by atoms with E-state index >= 15 is 0 Å². The van der Waals surface area contributed by atoms with Crippen LogP contribution in [0.3, 0.4) is 0 Å². The van der Waals surface area contributed by atoms with E-state index in [1.165, 1.54) is 7.05 Å². The molecule has 0 heterocycles. The number of hydrazine groups is 1. The summed E-state index contributed by atoms with van der Waals surface area (Å²) in [4.78, 5) is 39.8. The second-order valence-corrected chi connectivity index (χ2v) is 13.8. The predicted molar refractivity (Wildman–Crippen MR) is 175 cm³/mol. The van der Waals surface area contributed by atoms with Crippen molar-refractivity contribution in [2.75, 3.05) is 33.1 Å². The first-order valence-corrected chi connectivity index (χ1v) is 16.9. The maximum absolute atomic E-state index is 13.8. The SMILES string of the molecule is CN(C(=O)OCc1ccccc1)N(C[C@@H](CCOS(C)(=O)=O)NC(=O)OC(C)(C)C)C(=O)OCC1c2ccccc2-c2ccccc21. The number of benzene rings is 3. The number of hydrogen-bond acceptors (Lipinski definition) is 9. The molecular formula is C34H41N3O9S. The normalized spacial score (nSPS) is 13.1. The molecule has 0 aliphatic heterocycles. The third-order valence-electron chi connectivity index (χ3n) is 7.26. The van der Waals surface area contributed by atoms with E-state index in [0.29, 0.717) is 0 Å². The Balaban J connectivity index is 1.56. The van der Waals surface area contributed by atoms with E-state index in [2.05, 4.69) is 5.32 Å². The summed E-state index contributed by atoms with van der Waals surface area (Å²) in [5.41, 5.74) is 4.02. The van der Waals surface area contributed by atoms with Gasteiger partial charge < -0.3 is 19.5 Å². The first kappa shape index (κ1) is 35.2. The van der Waals surface area contributed by atoms with Crippen LogP contribution in [0.2, 0.25) is 0 Å². The third kappa shape index (κ3) is 10.2. The highest BCUT2D eigenvalue weighted by atomic mass is 32.2. The summed E-state index contributed by atoms with van der Waals surface area (Å²) >= 11 is 0. The highest BCUT2D eigenvalue weighted by molar-refractivity contribution is 7.85. The number of rotatable bonds is 11. The van der Waals surface area contributed by atoms with Gasteiger partial charge in [0.25, 0.3) is 10.1 Å². The van der Waals surface area contributed by atoms with Crippen LogP contribution in [0.4, 0.5) is 14.4 Å². The molecule has 1 N–H and O–H groups in total. The van der Waals surface area contributed by atoms with Crippen molar-refractivity contribution in [1.29, 1.82) is 0 Å². The van der Waals surface area contributed by atoms with E-state index in [4.69, 9.17) is 18.4 Å². The number of alkyl carbamates (subject to hydrolysis) is 1. The fraction of sp³-hybridized carbons (Fsp3) is 0.382. The molecule has 3 aromatic carbocycles. The molecule has 0 spiro atoms. The molecule has 1 atom stereocenters. The number of nitrogens with one attached hydrogen (secondary N) is 1. The van der Waals surface area contributed by atoms with Crippen LogP contribution < -0.4 is 5.32 Å². The topological polar surface area (TPSA) is 141 Å². The van der Waals surface area contributed by atoms with Crippen LogP contribution in [-0.2, 0) is 35.1 Å². The van der Waals surface area contributed by atoms with Gasteiger partial charge in [-0.25, -0.2) is 24.4 Å². The molecule has 0 bridgehead atoms. The van der Waals surface area contributed by atoms with Crippen LogP contribution in [0, 0.1) is 0 Å². The summed E-state index contributed by atoms with van der Waals surface area (Å²) in [5.74, 6) is -0.248. The van der Waals surface area contributed by atoms with Crippen LogP contribution >= 0.6 is 0 Å². The van der Waals surface area contributed by atoms with E-state index in [9.17, 15) is 22.8 Å². The van der Waals surface area contributed by atoms with Gasteiger partial charge in [-0.15, -0.1) is 0 Å². The van der Waals surface area contributed by atoms with Crippen molar-refractivity contribution < 1.29 is 41.2 Å². The van der Waals surface area contributed by atoms with Crippen LogP contribution in [0.15, 0.2) is 78.9 Å². The molecule has 4 rings (SSSR count). The molecule has 0 radical (unpaired) electrons. The van der Waals surface area contributed by atoms with Gasteiger partial charge in [0.2, 0.25) is 0 Å². The van der Waals surface area contributed by atoms with Crippen molar-refractivity contribution in [2.45, 2.75) is 51.4 Å². The Kier molecular flexibility index (Phi) is 11.5. The Labute approximate surface area is 275 Å². The van der Waals surface area contributed by atoms with Crippen molar-refractivity contribution in [2.24, 2.45) is 0 Å². The highest BCUT2D eigenvalue weighted by Gasteiger charge is 2.33. The quantitative estimate of drug-likeness (QED) is 0.155. The zero-order chi connectivity index (χ0) is 34.2. The van der Waals surface area contributed by atoms with E-state index in [1.807, 2.05) is 54.6 Å². The van der Waals surface area contributed by atoms with Gasteiger partial charge in [0.15, 0.2) is 0 Å². The molecular weight excluding hydrogens is 626 g/mol. The summed E-state index contributed by atoms with van der Waals surface area (Å²) in [7, 11) is -2.45. The summed E-state index contributed by atoms with van der Waals surface area (Å²) in [6.07, 6.45) is -1.68. The van der Waals surface area contributed by atoms with Gasteiger partial charge >= 0.3 is 18.3 Å². The van der Waals surface area contributed by atoms with Gasteiger partial charge in [-0.2, -0.15) is 8.42 Å². The lowest BCUT2D eigenvalue weighted by Gasteiger charge is -2.34. The van der Waals surface area contributed by atoms with Crippen LogP contribution in [0.1, 0.15) is 49.8 Å². The van der Waals surface area contributed by atoms with E-state index in [-0.39, 0.29) is 38.7 Å². The number of carbonyl (C=O) groups is 3. The van der Waals surface area contributed by atoms with Crippen molar-refractivity contribution in [1.82, 2.24) is 15.3 Å². The summed E-state index contributed by atoms with van der Waals surface area (Å²) in [6.45, 7) is 4.37. The lowest BCUT2D eigenvalue weighted by Crippen LogP contribution is -2.54. The van der Waals surface area contributed by atoms with Gasteiger partial charge in [-0.3, -0.25) is 4.18 Å². The molecule has 3 aromatic rings. The summed E-state index contributed by atoms with van der Waals surface area (Å²) in [6, 6.07) is 23.9. The molecule has 1 aliphatic rings. The Morgan fingerprint density at radius 1 is 0.851 bits per heavy atom. The monoisotopic (exact) mass is 667 g/mol. The Morgan fingerprint density at radius 2 is 1.43 bits per heavy atom. The van der Waals surface area contributed by atoms with E-state index in [0.717, 1.165) is 44.1 Å². The minimum atomic E-state index is -3.79. The summed E-state index contributed by atoms with van der Waals surface area (Å²) < 4.78 is 44.9. The van der Waals surface area contributed by atoms with Crippen molar-refractivity contribution in [3.63, 3.8) is 0 Å². The molecule has 13 heteroatoms. The van der Waals surface area contributed by atoms with E-state index in [1.54, 1.807) is 45.0 Å². The van der Waals surface area contributed by atoms with Crippen LogP contribution in [0.5, 0.6) is 0 Å². The second-order valence-electron chi connectivity index (χ2n) is 12.1. The molecule has 252 valence electrons. The highest BCUT2D eigenvalue weighted by Crippen LogP contribution is 2.44. The fourth-order valence-electron chi connectivity index (χ4n) is 5.13.